The molecule has 2 N–H and O–H groups in total. The molecule has 61 heavy (non-hydrogen) atoms. The molecule has 0 amide bonds. The fourth-order valence-corrected chi connectivity index (χ4v) is 8.65. The van der Waals surface area contributed by atoms with E-state index in [0.29, 0.717) is 20.1 Å². The summed E-state index contributed by atoms with van der Waals surface area (Å²) in [5.74, 6) is 0. The van der Waals surface area contributed by atoms with Crippen molar-refractivity contribution < 1.29 is 9.31 Å². The van der Waals surface area contributed by atoms with E-state index in [-0.39, 0.29) is 0 Å². The number of fused-ring (bicyclic) bond motifs is 8. The van der Waals surface area contributed by atoms with Crippen molar-refractivity contribution >= 4 is 105 Å². The predicted octanol–water partition coefficient (Wildman–Crippen LogP) is 14.2. The van der Waals surface area contributed by atoms with Gasteiger partial charge in [0.2, 0.25) is 0 Å². The summed E-state index contributed by atoms with van der Waals surface area (Å²) in [5.41, 5.74) is 13.2. The second-order valence-electron chi connectivity index (χ2n) is 16.3. The second-order valence-corrected chi connectivity index (χ2v) is 18.1. The Morgan fingerprint density at radius 1 is 0.426 bits per heavy atom. The number of H-pyrrole nitrogens is 2. The largest absolute Gasteiger partial charge is 0.497 e. The Kier molecular flexibility index (Phi) is 9.91. The molecule has 0 spiro atoms. The standard InChI is InChI=1S/C50H37BCl4N4O2/c1-49(2)50(3,4)61-51(60-49)36-27-43-46(30-9-17-34(54)18-10-30)41-24-23-39(57-41)44(28-5-13-32(52)14-6-28)37-21-22-38(56-37)45(29-7-15-33(53)16-8-29)40-25-26-42(58-40)47(48(36)59-43)31-11-19-35(55)20-12-31/h5-27,56,59H,1-4H3. The van der Waals surface area contributed by atoms with E-state index in [0.717, 1.165) is 94.8 Å². The van der Waals surface area contributed by atoms with Gasteiger partial charge in [0.15, 0.2) is 0 Å². The van der Waals surface area contributed by atoms with Crippen LogP contribution in [0.5, 0.6) is 0 Å². The van der Waals surface area contributed by atoms with Gasteiger partial charge in [-0.2, -0.15) is 0 Å². The van der Waals surface area contributed by atoms with Crippen LogP contribution in [0.3, 0.4) is 0 Å². The van der Waals surface area contributed by atoms with Crippen molar-refractivity contribution in [2.45, 2.75) is 38.9 Å². The lowest BCUT2D eigenvalue weighted by molar-refractivity contribution is 0.00578. The zero-order chi connectivity index (χ0) is 42.2. The molecule has 0 aliphatic carbocycles. The van der Waals surface area contributed by atoms with Crippen LogP contribution in [-0.4, -0.2) is 38.3 Å². The smallest absolute Gasteiger partial charge is 0.399 e. The number of benzene rings is 4. The third-order valence-electron chi connectivity index (χ3n) is 11.9. The minimum atomic E-state index is -0.725. The van der Waals surface area contributed by atoms with Gasteiger partial charge in [-0.05, 0) is 141 Å². The summed E-state index contributed by atoms with van der Waals surface area (Å²) in [6.45, 7) is 8.25. The fourth-order valence-electron chi connectivity index (χ4n) is 8.15. The Morgan fingerprint density at radius 2 is 0.754 bits per heavy atom. The lowest BCUT2D eigenvalue weighted by atomic mass is 9.78. The highest BCUT2D eigenvalue weighted by Gasteiger charge is 2.52. The second kappa shape index (κ2) is 15.2. The molecule has 6 heterocycles. The number of halogens is 4. The van der Waals surface area contributed by atoms with Gasteiger partial charge in [-0.15, -0.1) is 0 Å². The average Bonchev–Trinajstić information content (AvgIpc) is 4.09. The van der Waals surface area contributed by atoms with Gasteiger partial charge in [0, 0.05) is 69.9 Å². The molecular formula is C50H37BCl4N4O2. The highest BCUT2D eigenvalue weighted by atomic mass is 35.5. The Bertz CT molecular complexity index is 3100. The van der Waals surface area contributed by atoms with Crippen LogP contribution in [0.2, 0.25) is 20.1 Å². The van der Waals surface area contributed by atoms with E-state index in [4.69, 9.17) is 65.7 Å². The lowest BCUT2D eigenvalue weighted by Gasteiger charge is -2.32. The van der Waals surface area contributed by atoms with Crippen LogP contribution in [0.25, 0.3) is 90.9 Å². The summed E-state index contributed by atoms with van der Waals surface area (Å²) in [6.07, 6.45) is 8.25. The van der Waals surface area contributed by atoms with Gasteiger partial charge in [0.05, 0.1) is 34.0 Å². The van der Waals surface area contributed by atoms with E-state index < -0.39 is 18.3 Å². The van der Waals surface area contributed by atoms with Gasteiger partial charge in [-0.25, -0.2) is 9.97 Å². The Balaban J connectivity index is 1.42. The van der Waals surface area contributed by atoms with Gasteiger partial charge in [0.1, 0.15) is 0 Å². The molecule has 4 aromatic carbocycles. The zero-order valence-electron chi connectivity index (χ0n) is 33.6. The number of aromatic amines is 2. The van der Waals surface area contributed by atoms with Crippen molar-refractivity contribution in [3.8, 4) is 44.5 Å². The molecule has 6 nitrogen and oxygen atoms in total. The molecule has 0 unspecified atom stereocenters. The van der Waals surface area contributed by atoms with Crippen LogP contribution in [0.15, 0.2) is 115 Å². The number of aromatic nitrogens is 4. The molecule has 1 fully saturated rings. The minimum Gasteiger partial charge on any atom is -0.399 e. The van der Waals surface area contributed by atoms with Crippen LogP contribution in [0, 0.1) is 0 Å². The van der Waals surface area contributed by atoms with Crippen LogP contribution in [0.1, 0.15) is 50.5 Å². The first-order valence-electron chi connectivity index (χ1n) is 19.9. The highest BCUT2D eigenvalue weighted by Crippen LogP contribution is 2.41. The highest BCUT2D eigenvalue weighted by molar-refractivity contribution is 6.65. The first-order chi connectivity index (χ1) is 29.3. The normalized spacial score (nSPS) is 15.2. The monoisotopic (exact) mass is 876 g/mol. The molecule has 7 aromatic rings. The predicted molar refractivity (Wildman–Crippen MR) is 256 cm³/mol. The van der Waals surface area contributed by atoms with Crippen molar-refractivity contribution in [1.29, 1.82) is 0 Å². The van der Waals surface area contributed by atoms with E-state index in [9.17, 15) is 0 Å². The van der Waals surface area contributed by atoms with E-state index >= 15 is 0 Å². The van der Waals surface area contributed by atoms with Crippen LogP contribution < -0.4 is 5.46 Å². The molecule has 11 heteroatoms. The minimum absolute atomic E-state index is 0.607. The summed E-state index contributed by atoms with van der Waals surface area (Å²) in [6, 6.07) is 37.6. The molecule has 3 aliphatic heterocycles. The number of hydrogen-bond donors (Lipinski definition) is 2. The molecule has 1 saturated heterocycles. The lowest BCUT2D eigenvalue weighted by Crippen LogP contribution is -2.41. The summed E-state index contributed by atoms with van der Waals surface area (Å²) < 4.78 is 13.7. The summed E-state index contributed by atoms with van der Waals surface area (Å²) in [4.78, 5) is 18.6. The van der Waals surface area contributed by atoms with Crippen molar-refractivity contribution in [3.63, 3.8) is 0 Å². The first-order valence-corrected chi connectivity index (χ1v) is 21.4. The van der Waals surface area contributed by atoms with Gasteiger partial charge in [-0.3, -0.25) is 0 Å². The maximum atomic E-state index is 6.83. The SMILES string of the molecule is CC1(C)OB(c2cc3[nH]c2c(-c2ccc(Cl)cc2)c2nc(c(-c4ccc(Cl)cc4)c4ccc([nH]4)c(-c4ccc(Cl)cc4)c4nc(c3-c3ccc(Cl)cc3)C=C4)C=C2)OC1(C)C. The molecule has 0 saturated carbocycles. The molecule has 10 rings (SSSR count). The van der Waals surface area contributed by atoms with E-state index in [2.05, 4.69) is 80.2 Å². The molecule has 300 valence electrons. The summed E-state index contributed by atoms with van der Waals surface area (Å²) >= 11 is 25.9. The Hall–Kier alpha value is -5.38. The molecule has 0 radical (unpaired) electrons. The number of nitrogens with zero attached hydrogens (tertiary/aromatic N) is 2. The van der Waals surface area contributed by atoms with Crippen molar-refractivity contribution in [1.82, 2.24) is 19.9 Å². The third kappa shape index (κ3) is 7.23. The summed E-state index contributed by atoms with van der Waals surface area (Å²) in [5, 5.41) is 2.54. The molecule has 0 atom stereocenters. The molecule has 3 aromatic heterocycles. The Morgan fingerprint density at radius 3 is 1.13 bits per heavy atom. The van der Waals surface area contributed by atoms with Gasteiger partial charge >= 0.3 is 7.12 Å². The Labute approximate surface area is 374 Å². The van der Waals surface area contributed by atoms with E-state index in [1.807, 2.05) is 97.1 Å². The average molecular weight is 878 g/mol. The van der Waals surface area contributed by atoms with Gasteiger partial charge in [-0.1, -0.05) is 94.9 Å². The molecular weight excluding hydrogens is 841 g/mol. The summed E-state index contributed by atoms with van der Waals surface area (Å²) in [7, 11) is -0.725. The topological polar surface area (TPSA) is 75.8 Å². The number of hydrogen-bond acceptors (Lipinski definition) is 4. The fraction of sp³-hybridized carbons (Fsp3) is 0.120. The maximum Gasteiger partial charge on any atom is 0.497 e. The van der Waals surface area contributed by atoms with Gasteiger partial charge < -0.3 is 19.3 Å². The van der Waals surface area contributed by atoms with E-state index in [1.54, 1.807) is 0 Å². The van der Waals surface area contributed by atoms with Crippen molar-refractivity contribution in [2.24, 2.45) is 0 Å². The van der Waals surface area contributed by atoms with Crippen molar-refractivity contribution in [2.75, 3.05) is 0 Å². The van der Waals surface area contributed by atoms with Gasteiger partial charge in [0.25, 0.3) is 0 Å². The molecule has 8 bridgehead atoms. The third-order valence-corrected chi connectivity index (χ3v) is 12.9. The van der Waals surface area contributed by atoms with Crippen LogP contribution >= 0.6 is 46.4 Å². The first kappa shape index (κ1) is 39.7. The molecule has 3 aliphatic rings. The quantitative estimate of drug-likeness (QED) is 0.169. The number of rotatable bonds is 5. The van der Waals surface area contributed by atoms with Crippen molar-refractivity contribution in [3.05, 3.63) is 158 Å². The van der Waals surface area contributed by atoms with Crippen LogP contribution in [0.4, 0.5) is 0 Å². The maximum absolute atomic E-state index is 6.83. The van der Waals surface area contributed by atoms with Crippen LogP contribution in [-0.2, 0) is 9.31 Å². The van der Waals surface area contributed by atoms with E-state index in [1.165, 1.54) is 0 Å². The number of nitrogens with one attached hydrogen (secondary N) is 2. The zero-order valence-corrected chi connectivity index (χ0v) is 36.6.